The van der Waals surface area contributed by atoms with Gasteiger partial charge in [-0.15, -0.1) is 11.8 Å². The van der Waals surface area contributed by atoms with Gasteiger partial charge in [0.2, 0.25) is 0 Å². The first kappa shape index (κ1) is 7.93. The van der Waals surface area contributed by atoms with E-state index in [1.54, 1.807) is 0 Å². The minimum Gasteiger partial charge on any atom is -0.197 e. The maximum absolute atomic E-state index is 8.08. The molecule has 0 aromatic rings. The molecule has 0 aliphatic carbocycles. The van der Waals surface area contributed by atoms with Gasteiger partial charge in [-0.1, -0.05) is 19.1 Å². The van der Waals surface area contributed by atoms with Crippen LogP contribution < -0.4 is 0 Å². The van der Waals surface area contributed by atoms with Crippen LogP contribution in [0.5, 0.6) is 0 Å². The van der Waals surface area contributed by atoms with Gasteiger partial charge in [-0.3, -0.25) is 0 Å². The molecule has 0 aromatic carbocycles. The molecule has 0 fully saturated rings. The number of thiocarbonyl (C=S) groups is 1. The highest BCUT2D eigenvalue weighted by Crippen LogP contribution is 2.05. The highest BCUT2D eigenvalue weighted by Gasteiger charge is 1.89. The van der Waals surface area contributed by atoms with Gasteiger partial charge in [-0.2, -0.15) is 5.26 Å². The Labute approximate surface area is 59.1 Å². The molecule has 0 bridgehead atoms. The summed E-state index contributed by atoms with van der Waals surface area (Å²) in [5, 5.41) is 8.08. The van der Waals surface area contributed by atoms with Crippen molar-refractivity contribution in [2.45, 2.75) is 13.3 Å². The smallest absolute Gasteiger partial charge is 0.0860 e. The van der Waals surface area contributed by atoms with Crippen LogP contribution in [-0.4, -0.2) is 9.95 Å². The topological polar surface area (TPSA) is 23.8 Å². The summed E-state index contributed by atoms with van der Waals surface area (Å²) >= 11 is 6.28. The van der Waals surface area contributed by atoms with E-state index >= 15 is 0 Å². The molecule has 44 valence electrons. The number of rotatable bonds is 2. The number of hydrogen-bond acceptors (Lipinski definition) is 3. The van der Waals surface area contributed by atoms with Crippen molar-refractivity contribution in [2.24, 2.45) is 0 Å². The highest BCUT2D eigenvalue weighted by atomic mass is 32.2. The Balaban J connectivity index is 3.15. The van der Waals surface area contributed by atoms with E-state index < -0.39 is 0 Å². The van der Waals surface area contributed by atoms with Crippen molar-refractivity contribution in [3.05, 3.63) is 0 Å². The lowest BCUT2D eigenvalue weighted by atomic mass is 10.6. The Kier molecular flexibility index (Phi) is 5.03. The van der Waals surface area contributed by atoms with Crippen LogP contribution >= 0.6 is 24.0 Å². The minimum atomic E-state index is 0.493. The van der Waals surface area contributed by atoms with Crippen LogP contribution in [0.4, 0.5) is 0 Å². The molecule has 0 rings (SSSR count). The lowest BCUT2D eigenvalue weighted by Crippen LogP contribution is -1.83. The maximum atomic E-state index is 8.08. The first-order valence-electron chi connectivity index (χ1n) is 2.33. The molecule has 0 atom stereocenters. The van der Waals surface area contributed by atoms with Crippen LogP contribution in [0.2, 0.25) is 0 Å². The van der Waals surface area contributed by atoms with Gasteiger partial charge in [0.25, 0.3) is 0 Å². The molecule has 1 nitrogen and oxygen atoms in total. The molecule has 0 heterocycles. The SMILES string of the molecule is CCC(=S)SCC#N. The maximum Gasteiger partial charge on any atom is 0.0860 e. The summed E-state index contributed by atoms with van der Waals surface area (Å²) < 4.78 is 0.923. The summed E-state index contributed by atoms with van der Waals surface area (Å²) in [6.07, 6.45) is 0.891. The molecule has 8 heavy (non-hydrogen) atoms. The molecule has 0 N–H and O–H groups in total. The quantitative estimate of drug-likeness (QED) is 0.555. The van der Waals surface area contributed by atoms with Crippen molar-refractivity contribution in [2.75, 3.05) is 5.75 Å². The average Bonchev–Trinajstić information content (AvgIpc) is 1.83. The normalized spacial score (nSPS) is 8.00. The van der Waals surface area contributed by atoms with E-state index in [2.05, 4.69) is 0 Å². The van der Waals surface area contributed by atoms with Gasteiger partial charge in [0.05, 0.1) is 11.8 Å². The lowest BCUT2D eigenvalue weighted by Gasteiger charge is -1.89. The van der Waals surface area contributed by atoms with Crippen molar-refractivity contribution in [3.63, 3.8) is 0 Å². The summed E-state index contributed by atoms with van der Waals surface area (Å²) in [7, 11) is 0. The number of nitrogens with zero attached hydrogens (tertiary/aromatic N) is 1. The largest absolute Gasteiger partial charge is 0.197 e. The number of thioether (sulfide) groups is 1. The summed E-state index contributed by atoms with van der Waals surface area (Å²) in [6.45, 7) is 1.99. The fourth-order valence-electron chi connectivity index (χ4n) is 0.215. The van der Waals surface area contributed by atoms with Crippen molar-refractivity contribution in [1.29, 1.82) is 5.26 Å². The van der Waals surface area contributed by atoms with E-state index in [4.69, 9.17) is 17.5 Å². The predicted molar refractivity (Wildman–Crippen MR) is 41.0 cm³/mol. The molecule has 0 aliphatic heterocycles. The van der Waals surface area contributed by atoms with Gasteiger partial charge in [0.15, 0.2) is 0 Å². The third kappa shape index (κ3) is 4.10. The molecular weight excluding hydrogens is 138 g/mol. The average molecular weight is 145 g/mol. The predicted octanol–water partition coefficient (Wildman–Crippen LogP) is 1.98. The third-order valence-electron chi connectivity index (χ3n) is 0.586. The van der Waals surface area contributed by atoms with Crippen molar-refractivity contribution in [3.8, 4) is 6.07 Å². The molecular formula is C5H7NS2. The molecule has 0 spiro atoms. The van der Waals surface area contributed by atoms with Gasteiger partial charge in [-0.25, -0.2) is 0 Å². The van der Waals surface area contributed by atoms with E-state index in [1.165, 1.54) is 11.8 Å². The van der Waals surface area contributed by atoms with Crippen LogP contribution in [0.1, 0.15) is 13.3 Å². The van der Waals surface area contributed by atoms with Gasteiger partial charge >= 0.3 is 0 Å². The highest BCUT2D eigenvalue weighted by molar-refractivity contribution is 8.23. The molecule has 0 unspecified atom stereocenters. The van der Waals surface area contributed by atoms with Crippen LogP contribution in [0, 0.1) is 11.3 Å². The van der Waals surface area contributed by atoms with Crippen molar-refractivity contribution < 1.29 is 0 Å². The first-order valence-corrected chi connectivity index (χ1v) is 3.73. The first-order chi connectivity index (χ1) is 3.81. The number of hydrogen-bond donors (Lipinski definition) is 0. The third-order valence-corrected chi connectivity index (χ3v) is 2.11. The van der Waals surface area contributed by atoms with Crippen molar-refractivity contribution in [1.82, 2.24) is 0 Å². The van der Waals surface area contributed by atoms with Gasteiger partial charge in [-0.05, 0) is 6.42 Å². The van der Waals surface area contributed by atoms with Gasteiger partial charge in [0, 0.05) is 4.20 Å². The molecule has 0 saturated heterocycles. The second kappa shape index (κ2) is 5.07. The van der Waals surface area contributed by atoms with Gasteiger partial charge < -0.3 is 0 Å². The minimum absolute atomic E-state index is 0.493. The van der Waals surface area contributed by atoms with Crippen molar-refractivity contribution >= 4 is 28.2 Å². The molecule has 3 heteroatoms. The second-order valence-corrected chi connectivity index (χ2v) is 2.99. The van der Waals surface area contributed by atoms with Crippen LogP contribution in [0.3, 0.4) is 0 Å². The molecule has 0 saturated carbocycles. The van der Waals surface area contributed by atoms with Gasteiger partial charge in [0.1, 0.15) is 0 Å². The van der Waals surface area contributed by atoms with Crippen LogP contribution in [0.25, 0.3) is 0 Å². The zero-order chi connectivity index (χ0) is 6.41. The lowest BCUT2D eigenvalue weighted by molar-refractivity contribution is 1.34. The molecule has 0 amide bonds. The summed E-state index contributed by atoms with van der Waals surface area (Å²) in [6, 6.07) is 2.01. The standard InChI is InChI=1S/C5H7NS2/c1-2-5(7)8-4-3-6/h2,4H2,1H3. The monoisotopic (exact) mass is 145 g/mol. The Morgan fingerprint density at radius 1 is 1.88 bits per heavy atom. The second-order valence-electron chi connectivity index (χ2n) is 1.17. The van der Waals surface area contributed by atoms with Crippen LogP contribution in [-0.2, 0) is 0 Å². The van der Waals surface area contributed by atoms with E-state index in [-0.39, 0.29) is 0 Å². The molecule has 0 aliphatic rings. The Bertz CT molecular complexity index is 114. The Hall–Kier alpha value is -0.0700. The van der Waals surface area contributed by atoms with E-state index in [0.29, 0.717) is 5.75 Å². The zero-order valence-corrected chi connectivity index (χ0v) is 6.31. The summed E-state index contributed by atoms with van der Waals surface area (Å²) in [4.78, 5) is 0. The van der Waals surface area contributed by atoms with E-state index in [0.717, 1.165) is 10.6 Å². The van der Waals surface area contributed by atoms with Crippen LogP contribution in [0.15, 0.2) is 0 Å². The zero-order valence-electron chi connectivity index (χ0n) is 4.68. The molecule has 0 radical (unpaired) electrons. The fourth-order valence-corrected chi connectivity index (χ4v) is 0.821. The Morgan fingerprint density at radius 3 is 2.88 bits per heavy atom. The number of nitriles is 1. The summed E-state index contributed by atoms with van der Waals surface area (Å²) in [5.74, 6) is 0.493. The van der Waals surface area contributed by atoms with E-state index in [1.807, 2.05) is 13.0 Å². The van der Waals surface area contributed by atoms with E-state index in [9.17, 15) is 0 Å². The summed E-state index contributed by atoms with van der Waals surface area (Å²) in [5.41, 5.74) is 0. The molecule has 0 aromatic heterocycles. The Morgan fingerprint density at radius 2 is 2.50 bits per heavy atom. The fraction of sp³-hybridized carbons (Fsp3) is 0.600.